The Labute approximate surface area is 87.7 Å². The lowest BCUT2D eigenvalue weighted by Gasteiger charge is -2.41. The minimum Gasteiger partial charge on any atom is -0.382 e. The smallest absolute Gasteiger partial charge is 0.261 e. The Morgan fingerprint density at radius 1 is 1.33 bits per heavy atom. The minimum absolute atomic E-state index is 0.121. The highest BCUT2D eigenvalue weighted by molar-refractivity contribution is 4.95. The van der Waals surface area contributed by atoms with E-state index in [1.54, 1.807) is 7.11 Å². The fourth-order valence-electron chi connectivity index (χ4n) is 1.47. The topological polar surface area (TPSA) is 53.7 Å². The van der Waals surface area contributed by atoms with Crippen LogP contribution in [0, 0.1) is 0 Å². The van der Waals surface area contributed by atoms with Crippen molar-refractivity contribution in [3.8, 4) is 0 Å². The molecule has 3 unspecified atom stereocenters. The first-order valence-corrected chi connectivity index (χ1v) is 4.91. The van der Waals surface area contributed by atoms with Crippen LogP contribution in [-0.4, -0.2) is 51.6 Å². The Hall–Kier alpha value is -0.300. The van der Waals surface area contributed by atoms with Gasteiger partial charge in [0.2, 0.25) is 0 Å². The SMILES string of the molecule is COCCOC1C(N)CC1OCC(F)F. The molecule has 1 aliphatic rings. The first-order valence-electron chi connectivity index (χ1n) is 4.91. The van der Waals surface area contributed by atoms with Crippen molar-refractivity contribution in [2.75, 3.05) is 26.9 Å². The summed E-state index contributed by atoms with van der Waals surface area (Å²) in [5.41, 5.74) is 5.67. The lowest BCUT2D eigenvalue weighted by Crippen LogP contribution is -2.58. The summed E-state index contributed by atoms with van der Waals surface area (Å²) in [4.78, 5) is 0. The van der Waals surface area contributed by atoms with Crippen LogP contribution in [-0.2, 0) is 14.2 Å². The maximum atomic E-state index is 11.9. The summed E-state index contributed by atoms with van der Waals surface area (Å²) in [5, 5.41) is 0. The van der Waals surface area contributed by atoms with Crippen LogP contribution < -0.4 is 5.73 Å². The van der Waals surface area contributed by atoms with Crippen LogP contribution in [0.5, 0.6) is 0 Å². The molecule has 0 bridgehead atoms. The molecule has 6 heteroatoms. The van der Waals surface area contributed by atoms with Gasteiger partial charge in [-0.2, -0.15) is 0 Å². The van der Waals surface area contributed by atoms with Crippen LogP contribution >= 0.6 is 0 Å². The predicted molar refractivity (Wildman–Crippen MR) is 50.0 cm³/mol. The van der Waals surface area contributed by atoms with Crippen molar-refractivity contribution in [2.45, 2.75) is 31.1 Å². The van der Waals surface area contributed by atoms with Gasteiger partial charge < -0.3 is 19.9 Å². The highest BCUT2D eigenvalue weighted by Gasteiger charge is 2.40. The van der Waals surface area contributed by atoms with Gasteiger partial charge in [-0.1, -0.05) is 0 Å². The Kier molecular flexibility index (Phi) is 5.38. The number of rotatable bonds is 7. The molecule has 1 aliphatic carbocycles. The molecule has 4 nitrogen and oxygen atoms in total. The minimum atomic E-state index is -2.44. The molecule has 90 valence electrons. The van der Waals surface area contributed by atoms with Gasteiger partial charge in [-0.3, -0.25) is 0 Å². The maximum Gasteiger partial charge on any atom is 0.261 e. The van der Waals surface area contributed by atoms with Crippen LogP contribution in [0.1, 0.15) is 6.42 Å². The van der Waals surface area contributed by atoms with Gasteiger partial charge >= 0.3 is 0 Å². The molecule has 0 aromatic carbocycles. The zero-order valence-electron chi connectivity index (χ0n) is 8.70. The molecule has 0 amide bonds. The second-order valence-corrected chi connectivity index (χ2v) is 3.49. The lowest BCUT2D eigenvalue weighted by atomic mass is 9.86. The number of alkyl halides is 2. The van der Waals surface area contributed by atoms with Crippen molar-refractivity contribution in [1.29, 1.82) is 0 Å². The van der Waals surface area contributed by atoms with Crippen LogP contribution in [0.2, 0.25) is 0 Å². The van der Waals surface area contributed by atoms with Gasteiger partial charge in [-0.25, -0.2) is 8.78 Å². The van der Waals surface area contributed by atoms with E-state index in [9.17, 15) is 8.78 Å². The van der Waals surface area contributed by atoms with Gasteiger partial charge in [0.25, 0.3) is 6.43 Å². The summed E-state index contributed by atoms with van der Waals surface area (Å²) in [6, 6.07) is -0.121. The molecule has 2 N–H and O–H groups in total. The Balaban J connectivity index is 2.16. The van der Waals surface area contributed by atoms with E-state index in [0.717, 1.165) is 0 Å². The predicted octanol–water partition coefficient (Wildman–Crippen LogP) is 0.399. The molecule has 1 saturated carbocycles. The van der Waals surface area contributed by atoms with Crippen molar-refractivity contribution >= 4 is 0 Å². The monoisotopic (exact) mass is 225 g/mol. The maximum absolute atomic E-state index is 11.9. The Morgan fingerprint density at radius 2 is 2.07 bits per heavy atom. The Bertz CT molecular complexity index is 183. The van der Waals surface area contributed by atoms with E-state index < -0.39 is 13.0 Å². The molecule has 3 atom stereocenters. The second-order valence-electron chi connectivity index (χ2n) is 3.49. The van der Waals surface area contributed by atoms with Gasteiger partial charge in [0.1, 0.15) is 6.61 Å². The first kappa shape index (κ1) is 12.8. The van der Waals surface area contributed by atoms with Gasteiger partial charge in [0.15, 0.2) is 0 Å². The summed E-state index contributed by atoms with van der Waals surface area (Å²) in [7, 11) is 1.56. The molecule has 0 aliphatic heterocycles. The van der Waals surface area contributed by atoms with Crippen molar-refractivity contribution < 1.29 is 23.0 Å². The molecule has 1 rings (SSSR count). The van der Waals surface area contributed by atoms with Crippen LogP contribution in [0.15, 0.2) is 0 Å². The number of halogens is 2. The van der Waals surface area contributed by atoms with E-state index in [1.807, 2.05) is 0 Å². The summed E-state index contributed by atoms with van der Waals surface area (Å²) in [6.07, 6.45) is -2.45. The quantitative estimate of drug-likeness (QED) is 0.637. The summed E-state index contributed by atoms with van der Waals surface area (Å²) >= 11 is 0. The van der Waals surface area contributed by atoms with E-state index >= 15 is 0 Å². The molecule has 0 aromatic rings. The van der Waals surface area contributed by atoms with Crippen LogP contribution in [0.3, 0.4) is 0 Å². The largest absolute Gasteiger partial charge is 0.382 e. The van der Waals surface area contributed by atoms with E-state index in [-0.39, 0.29) is 18.2 Å². The molecule has 15 heavy (non-hydrogen) atoms. The van der Waals surface area contributed by atoms with Crippen LogP contribution in [0.25, 0.3) is 0 Å². The van der Waals surface area contributed by atoms with Crippen molar-refractivity contribution in [3.05, 3.63) is 0 Å². The van der Waals surface area contributed by atoms with Crippen LogP contribution in [0.4, 0.5) is 8.78 Å². The molecule has 0 aromatic heterocycles. The molecule has 1 fully saturated rings. The fourth-order valence-corrected chi connectivity index (χ4v) is 1.47. The number of nitrogens with two attached hydrogens (primary N) is 1. The lowest BCUT2D eigenvalue weighted by molar-refractivity contribution is -0.158. The highest BCUT2D eigenvalue weighted by atomic mass is 19.3. The normalized spacial score (nSPS) is 30.6. The molecule has 0 spiro atoms. The van der Waals surface area contributed by atoms with Gasteiger partial charge in [0, 0.05) is 13.2 Å². The Morgan fingerprint density at radius 3 is 2.60 bits per heavy atom. The van der Waals surface area contributed by atoms with E-state index in [4.69, 9.17) is 19.9 Å². The number of hydrogen-bond donors (Lipinski definition) is 1. The number of ether oxygens (including phenoxy) is 3. The van der Waals surface area contributed by atoms with Gasteiger partial charge in [0.05, 0.1) is 25.4 Å². The zero-order valence-corrected chi connectivity index (χ0v) is 8.70. The van der Waals surface area contributed by atoms with Crippen molar-refractivity contribution in [2.24, 2.45) is 5.73 Å². The van der Waals surface area contributed by atoms with Crippen molar-refractivity contribution in [3.63, 3.8) is 0 Å². The number of hydrogen-bond acceptors (Lipinski definition) is 4. The first-order chi connectivity index (χ1) is 7.15. The molecule has 0 heterocycles. The van der Waals surface area contributed by atoms with E-state index in [2.05, 4.69) is 0 Å². The summed E-state index contributed by atoms with van der Waals surface area (Å²) in [5.74, 6) is 0. The highest BCUT2D eigenvalue weighted by Crippen LogP contribution is 2.25. The number of methoxy groups -OCH3 is 1. The zero-order chi connectivity index (χ0) is 11.3. The second kappa shape index (κ2) is 6.32. The van der Waals surface area contributed by atoms with E-state index in [0.29, 0.717) is 19.6 Å². The molecule has 0 saturated heterocycles. The molecular formula is C9H17F2NO3. The summed E-state index contributed by atoms with van der Waals surface area (Å²) < 4.78 is 38.9. The third kappa shape index (κ3) is 3.98. The van der Waals surface area contributed by atoms with Crippen molar-refractivity contribution in [1.82, 2.24) is 0 Å². The van der Waals surface area contributed by atoms with E-state index in [1.165, 1.54) is 0 Å². The van der Waals surface area contributed by atoms with Gasteiger partial charge in [-0.05, 0) is 6.42 Å². The third-order valence-electron chi connectivity index (χ3n) is 2.33. The van der Waals surface area contributed by atoms with Gasteiger partial charge in [-0.15, -0.1) is 0 Å². The summed E-state index contributed by atoms with van der Waals surface area (Å²) in [6.45, 7) is 0.315. The molecule has 0 radical (unpaired) electrons. The average molecular weight is 225 g/mol. The standard InChI is InChI=1S/C9H17F2NO3/c1-13-2-3-14-9-6(12)4-7(9)15-5-8(10)11/h6-9H,2-5,12H2,1H3. The fraction of sp³-hybridized carbons (Fsp3) is 1.00. The molecular weight excluding hydrogens is 208 g/mol. The third-order valence-corrected chi connectivity index (χ3v) is 2.33. The average Bonchev–Trinajstić information content (AvgIpc) is 2.18.